The molecule has 1 saturated heterocycles. The first-order valence-corrected chi connectivity index (χ1v) is 5.66. The number of likely N-dealkylation sites (tertiary alicyclic amines) is 1. The Kier molecular flexibility index (Phi) is 4.11. The number of hydrogen-bond donors (Lipinski definition) is 2. The first-order chi connectivity index (χ1) is 6.87. The van der Waals surface area contributed by atoms with Crippen LogP contribution in [0.2, 0.25) is 0 Å². The van der Waals surface area contributed by atoms with Gasteiger partial charge in [0.2, 0.25) is 5.91 Å². The number of primary amides is 1. The summed E-state index contributed by atoms with van der Waals surface area (Å²) in [5.41, 5.74) is 11.0. The van der Waals surface area contributed by atoms with Gasteiger partial charge in [-0.3, -0.25) is 4.79 Å². The molecule has 0 bridgehead atoms. The van der Waals surface area contributed by atoms with E-state index in [1.165, 1.54) is 0 Å². The smallest absolute Gasteiger partial charge is 0.217 e. The Morgan fingerprint density at radius 2 is 1.93 bits per heavy atom. The van der Waals surface area contributed by atoms with Gasteiger partial charge in [0, 0.05) is 18.5 Å². The second-order valence-electron chi connectivity index (χ2n) is 5.38. The van der Waals surface area contributed by atoms with E-state index in [1.807, 2.05) is 13.8 Å². The summed E-state index contributed by atoms with van der Waals surface area (Å²) in [5.74, 6) is 0.312. The van der Waals surface area contributed by atoms with Crippen molar-refractivity contribution < 1.29 is 4.79 Å². The molecular formula is C11H23N3O. The fourth-order valence-corrected chi connectivity index (χ4v) is 2.21. The van der Waals surface area contributed by atoms with E-state index in [1.54, 1.807) is 0 Å². The predicted octanol–water partition coefficient (Wildman–Crippen LogP) is 0.311. The molecule has 1 aliphatic rings. The van der Waals surface area contributed by atoms with Gasteiger partial charge in [0.15, 0.2) is 0 Å². The van der Waals surface area contributed by atoms with Crippen LogP contribution in [-0.2, 0) is 4.79 Å². The molecule has 0 aromatic heterocycles. The second kappa shape index (κ2) is 4.94. The number of carbonyl (C=O) groups excluding carboxylic acids is 1. The molecule has 1 fully saturated rings. The van der Waals surface area contributed by atoms with Crippen LogP contribution in [-0.4, -0.2) is 36.0 Å². The number of rotatable bonds is 4. The fourth-order valence-electron chi connectivity index (χ4n) is 2.21. The average molecular weight is 213 g/mol. The number of nitrogens with two attached hydrogens (primary N) is 2. The lowest BCUT2D eigenvalue weighted by atomic mass is 9.92. The van der Waals surface area contributed by atoms with Gasteiger partial charge in [-0.25, -0.2) is 0 Å². The minimum Gasteiger partial charge on any atom is -0.370 e. The summed E-state index contributed by atoms with van der Waals surface area (Å²) in [5, 5.41) is 0. The van der Waals surface area contributed by atoms with Crippen molar-refractivity contribution in [1.82, 2.24) is 4.90 Å². The molecule has 0 unspecified atom stereocenters. The van der Waals surface area contributed by atoms with Gasteiger partial charge in [-0.15, -0.1) is 0 Å². The lowest BCUT2D eigenvalue weighted by Crippen LogP contribution is -2.48. The summed E-state index contributed by atoms with van der Waals surface area (Å²) in [7, 11) is 0. The van der Waals surface area contributed by atoms with Gasteiger partial charge in [0.05, 0.1) is 0 Å². The lowest BCUT2D eigenvalue weighted by molar-refractivity contribution is -0.119. The van der Waals surface area contributed by atoms with Gasteiger partial charge in [-0.1, -0.05) is 0 Å². The molecule has 0 radical (unpaired) electrons. The highest BCUT2D eigenvalue weighted by Crippen LogP contribution is 2.20. The molecule has 0 spiro atoms. The largest absolute Gasteiger partial charge is 0.370 e. The van der Waals surface area contributed by atoms with Crippen molar-refractivity contribution in [2.45, 2.75) is 38.6 Å². The Morgan fingerprint density at radius 1 is 1.40 bits per heavy atom. The summed E-state index contributed by atoms with van der Waals surface area (Å²) in [6, 6.07) is 0. The highest BCUT2D eigenvalue weighted by Gasteiger charge is 2.23. The van der Waals surface area contributed by atoms with E-state index in [0.717, 1.165) is 32.5 Å². The van der Waals surface area contributed by atoms with E-state index in [9.17, 15) is 4.79 Å². The molecule has 88 valence electrons. The molecule has 1 aliphatic heterocycles. The molecule has 0 aromatic carbocycles. The van der Waals surface area contributed by atoms with Gasteiger partial charge in [0.25, 0.3) is 0 Å². The number of nitrogens with zero attached hydrogens (tertiary/aromatic N) is 1. The van der Waals surface area contributed by atoms with Crippen molar-refractivity contribution in [3.8, 4) is 0 Å². The Bertz CT molecular complexity index is 214. The van der Waals surface area contributed by atoms with Crippen molar-refractivity contribution in [1.29, 1.82) is 0 Å². The molecule has 4 nitrogen and oxygen atoms in total. The number of hydrogen-bond acceptors (Lipinski definition) is 3. The summed E-state index contributed by atoms with van der Waals surface area (Å²) in [6.07, 6.45) is 2.68. The van der Waals surface area contributed by atoms with Crippen molar-refractivity contribution in [2.75, 3.05) is 19.6 Å². The summed E-state index contributed by atoms with van der Waals surface area (Å²) >= 11 is 0. The monoisotopic (exact) mass is 213 g/mol. The average Bonchev–Trinajstić information content (AvgIpc) is 2.05. The highest BCUT2D eigenvalue weighted by molar-refractivity contribution is 5.73. The Labute approximate surface area is 92.0 Å². The van der Waals surface area contributed by atoms with Crippen molar-refractivity contribution >= 4 is 5.91 Å². The fraction of sp³-hybridized carbons (Fsp3) is 0.909. The molecule has 15 heavy (non-hydrogen) atoms. The SMILES string of the molecule is CC(C)(N)CN1CCC(CC(N)=O)CC1. The molecule has 0 aliphatic carbocycles. The third kappa shape index (κ3) is 5.14. The first-order valence-electron chi connectivity index (χ1n) is 5.66. The standard InChI is InChI=1S/C11H23N3O/c1-11(2,13)8-14-5-3-9(4-6-14)7-10(12)15/h9H,3-8,13H2,1-2H3,(H2,12,15). The van der Waals surface area contributed by atoms with E-state index in [4.69, 9.17) is 11.5 Å². The molecule has 0 aromatic rings. The van der Waals surface area contributed by atoms with Crippen LogP contribution in [0, 0.1) is 5.92 Å². The topological polar surface area (TPSA) is 72.3 Å². The number of carbonyl (C=O) groups is 1. The Hall–Kier alpha value is -0.610. The van der Waals surface area contributed by atoms with Crippen LogP contribution in [0.25, 0.3) is 0 Å². The van der Waals surface area contributed by atoms with Crippen LogP contribution in [0.15, 0.2) is 0 Å². The zero-order valence-electron chi connectivity index (χ0n) is 9.83. The van der Waals surface area contributed by atoms with Gasteiger partial charge < -0.3 is 16.4 Å². The minimum absolute atomic E-state index is 0.128. The minimum atomic E-state index is -0.174. The van der Waals surface area contributed by atoms with E-state index >= 15 is 0 Å². The molecule has 4 heteroatoms. The van der Waals surface area contributed by atoms with Crippen molar-refractivity contribution in [3.05, 3.63) is 0 Å². The summed E-state index contributed by atoms with van der Waals surface area (Å²) < 4.78 is 0. The molecule has 0 saturated carbocycles. The van der Waals surface area contributed by atoms with Crippen LogP contribution in [0.4, 0.5) is 0 Å². The van der Waals surface area contributed by atoms with Crippen LogP contribution in [0.3, 0.4) is 0 Å². The number of piperidine rings is 1. The maximum atomic E-state index is 10.8. The van der Waals surface area contributed by atoms with Crippen molar-refractivity contribution in [3.63, 3.8) is 0 Å². The van der Waals surface area contributed by atoms with E-state index in [-0.39, 0.29) is 11.4 Å². The quantitative estimate of drug-likeness (QED) is 0.706. The van der Waals surface area contributed by atoms with Gasteiger partial charge in [-0.2, -0.15) is 0 Å². The third-order valence-electron chi connectivity index (χ3n) is 2.83. The Morgan fingerprint density at radius 3 is 2.33 bits per heavy atom. The molecule has 4 N–H and O–H groups in total. The summed E-state index contributed by atoms with van der Waals surface area (Å²) in [6.45, 7) is 7.10. The van der Waals surface area contributed by atoms with E-state index in [2.05, 4.69) is 4.90 Å². The highest BCUT2D eigenvalue weighted by atomic mass is 16.1. The normalized spacial score (nSPS) is 20.5. The maximum Gasteiger partial charge on any atom is 0.217 e. The van der Waals surface area contributed by atoms with E-state index in [0.29, 0.717) is 12.3 Å². The maximum absolute atomic E-state index is 10.8. The van der Waals surface area contributed by atoms with Gasteiger partial charge in [0.1, 0.15) is 0 Å². The molecule has 1 amide bonds. The van der Waals surface area contributed by atoms with Crippen molar-refractivity contribution in [2.24, 2.45) is 17.4 Å². The first kappa shape index (κ1) is 12.5. The molecular weight excluding hydrogens is 190 g/mol. The zero-order chi connectivity index (χ0) is 11.5. The zero-order valence-corrected chi connectivity index (χ0v) is 9.83. The van der Waals surface area contributed by atoms with Crippen LogP contribution < -0.4 is 11.5 Å². The van der Waals surface area contributed by atoms with Crippen LogP contribution >= 0.6 is 0 Å². The van der Waals surface area contributed by atoms with Crippen LogP contribution in [0.1, 0.15) is 33.1 Å². The predicted molar refractivity (Wildman–Crippen MR) is 61.2 cm³/mol. The third-order valence-corrected chi connectivity index (χ3v) is 2.83. The molecule has 1 rings (SSSR count). The van der Waals surface area contributed by atoms with Gasteiger partial charge >= 0.3 is 0 Å². The van der Waals surface area contributed by atoms with E-state index < -0.39 is 0 Å². The van der Waals surface area contributed by atoms with Gasteiger partial charge in [-0.05, 0) is 45.7 Å². The summed E-state index contributed by atoms with van der Waals surface area (Å²) in [4.78, 5) is 13.1. The molecule has 1 heterocycles. The lowest BCUT2D eigenvalue weighted by Gasteiger charge is -2.35. The number of amides is 1. The second-order valence-corrected chi connectivity index (χ2v) is 5.38. The Balaban J connectivity index is 2.27. The van der Waals surface area contributed by atoms with Crippen LogP contribution in [0.5, 0.6) is 0 Å². The molecule has 0 atom stereocenters.